The largest absolute Gasteiger partial charge is 0.493 e. The van der Waals surface area contributed by atoms with Crippen LogP contribution in [0.25, 0.3) is 0 Å². The molecule has 1 aromatic rings. The maximum absolute atomic E-state index is 12.3. The average Bonchev–Trinajstić information content (AvgIpc) is 2.73. The number of amides is 1. The summed E-state index contributed by atoms with van der Waals surface area (Å²) in [5.74, 6) is 0. The highest BCUT2D eigenvalue weighted by molar-refractivity contribution is 6.66. The minimum Gasteiger partial charge on any atom is -0.443 e. The lowest BCUT2D eigenvalue weighted by Crippen LogP contribution is -2.38. The zero-order chi connectivity index (χ0) is 15.8. The van der Waals surface area contributed by atoms with Crippen molar-refractivity contribution in [3.63, 3.8) is 0 Å². The summed E-state index contributed by atoms with van der Waals surface area (Å²) in [5.41, 5.74) is 1.28. The first kappa shape index (κ1) is 16.1. The number of carbonyl (C=O) groups excluding carboxylic acids is 1. The van der Waals surface area contributed by atoms with E-state index in [-0.39, 0.29) is 0 Å². The van der Waals surface area contributed by atoms with Gasteiger partial charge in [0.25, 0.3) is 0 Å². The third-order valence-electron chi connectivity index (χ3n) is 3.11. The fourth-order valence-electron chi connectivity index (χ4n) is 2.19. The number of halogens is 1. The highest BCUT2D eigenvalue weighted by Crippen LogP contribution is 2.29. The normalized spacial score (nSPS) is 14.1. The van der Waals surface area contributed by atoms with E-state index in [1.807, 2.05) is 6.92 Å². The Kier molecular flexibility index (Phi) is 4.51. The van der Waals surface area contributed by atoms with E-state index in [1.165, 1.54) is 4.90 Å². The molecule has 0 bridgehead atoms. The predicted molar refractivity (Wildman–Crippen MR) is 83.1 cm³/mol. The van der Waals surface area contributed by atoms with Gasteiger partial charge in [0, 0.05) is 12.0 Å². The molecule has 0 saturated carbocycles. The number of anilines is 1. The van der Waals surface area contributed by atoms with Crippen LogP contribution in [0.3, 0.4) is 0 Å². The first-order valence-electron chi connectivity index (χ1n) is 6.86. The Bertz CT molecular complexity index is 559. The second-order valence-electron chi connectivity index (χ2n) is 5.86. The lowest BCUT2D eigenvalue weighted by Gasteiger charge is -2.27. The van der Waals surface area contributed by atoms with E-state index in [0.29, 0.717) is 29.3 Å². The molecular weight excluding hydrogens is 292 g/mol. The zero-order valence-corrected chi connectivity index (χ0v) is 13.4. The predicted octanol–water partition coefficient (Wildman–Crippen LogP) is 2.32. The second kappa shape index (κ2) is 5.87. The Morgan fingerprint density at radius 1 is 1.52 bits per heavy atom. The molecule has 1 amide bonds. The first-order chi connectivity index (χ1) is 9.74. The van der Waals surface area contributed by atoms with E-state index in [0.717, 1.165) is 5.56 Å². The van der Waals surface area contributed by atoms with Gasteiger partial charge in [-0.15, -0.1) is 0 Å². The van der Waals surface area contributed by atoms with Crippen LogP contribution < -0.4 is 10.4 Å². The van der Waals surface area contributed by atoms with E-state index in [4.69, 9.17) is 21.0 Å². The Hall–Kier alpha value is -1.24. The third-order valence-corrected chi connectivity index (χ3v) is 3.51. The Labute approximate surface area is 129 Å². The molecule has 2 rings (SSSR count). The summed E-state index contributed by atoms with van der Waals surface area (Å²) in [6, 6.07) is 3.55. The van der Waals surface area contributed by atoms with E-state index in [1.54, 1.807) is 32.9 Å². The molecule has 0 fully saturated rings. The maximum atomic E-state index is 12.3. The standard InChI is InChI=1S/C14H19BClNO4/c1-5-17(13(18)21-14(2,3)4)10-7-6-9-8-20-15(19)11(9)12(10)16/h6-7,19H,5,8H2,1-4H3. The topological polar surface area (TPSA) is 59.0 Å². The van der Waals surface area contributed by atoms with Gasteiger partial charge in [0.2, 0.25) is 0 Å². The Morgan fingerprint density at radius 2 is 2.19 bits per heavy atom. The summed E-state index contributed by atoms with van der Waals surface area (Å²) in [7, 11) is -1.05. The van der Waals surface area contributed by atoms with Crippen molar-refractivity contribution in [3.05, 3.63) is 22.7 Å². The van der Waals surface area contributed by atoms with E-state index in [2.05, 4.69) is 0 Å². The summed E-state index contributed by atoms with van der Waals surface area (Å²) in [6.07, 6.45) is -0.472. The van der Waals surface area contributed by atoms with Crippen LogP contribution in [0, 0.1) is 0 Å². The fraction of sp³-hybridized carbons (Fsp3) is 0.500. The molecular formula is C14H19BClNO4. The van der Waals surface area contributed by atoms with Crippen molar-refractivity contribution >= 4 is 36.0 Å². The van der Waals surface area contributed by atoms with Gasteiger partial charge in [-0.25, -0.2) is 4.79 Å². The van der Waals surface area contributed by atoms with Gasteiger partial charge in [-0.3, -0.25) is 4.90 Å². The molecule has 1 aliphatic rings. The summed E-state index contributed by atoms with van der Waals surface area (Å²) in [6.45, 7) is 7.97. The maximum Gasteiger partial charge on any atom is 0.493 e. The van der Waals surface area contributed by atoms with Gasteiger partial charge in [-0.2, -0.15) is 0 Å². The molecule has 114 valence electrons. The minimum atomic E-state index is -1.05. The number of rotatable bonds is 2. The van der Waals surface area contributed by atoms with Crippen molar-refractivity contribution in [2.45, 2.75) is 39.9 Å². The van der Waals surface area contributed by atoms with Crippen molar-refractivity contribution in [3.8, 4) is 0 Å². The van der Waals surface area contributed by atoms with E-state index < -0.39 is 18.8 Å². The molecule has 1 aromatic carbocycles. The highest BCUT2D eigenvalue weighted by Gasteiger charge is 2.33. The molecule has 1 heterocycles. The molecule has 0 aromatic heterocycles. The number of hydrogen-bond donors (Lipinski definition) is 1. The van der Waals surface area contributed by atoms with Crippen LogP contribution in [-0.2, 0) is 16.0 Å². The average molecular weight is 312 g/mol. The number of benzene rings is 1. The van der Waals surface area contributed by atoms with E-state index in [9.17, 15) is 9.82 Å². The molecule has 0 aliphatic carbocycles. The van der Waals surface area contributed by atoms with Gasteiger partial charge in [-0.05, 0) is 39.3 Å². The second-order valence-corrected chi connectivity index (χ2v) is 6.24. The summed E-state index contributed by atoms with van der Waals surface area (Å²) in [4.78, 5) is 13.7. The van der Waals surface area contributed by atoms with Crippen LogP contribution in [0.4, 0.5) is 10.5 Å². The van der Waals surface area contributed by atoms with Crippen molar-refractivity contribution < 1.29 is 19.2 Å². The van der Waals surface area contributed by atoms with Crippen LogP contribution in [0.5, 0.6) is 0 Å². The highest BCUT2D eigenvalue weighted by atomic mass is 35.5. The molecule has 0 spiro atoms. The molecule has 5 nitrogen and oxygen atoms in total. The summed E-state index contributed by atoms with van der Waals surface area (Å²) >= 11 is 6.35. The first-order valence-corrected chi connectivity index (χ1v) is 7.24. The number of nitrogens with zero attached hydrogens (tertiary/aromatic N) is 1. The Morgan fingerprint density at radius 3 is 2.76 bits per heavy atom. The van der Waals surface area contributed by atoms with Crippen molar-refractivity contribution in [1.29, 1.82) is 0 Å². The van der Waals surface area contributed by atoms with Gasteiger partial charge in [0.1, 0.15) is 5.60 Å². The van der Waals surface area contributed by atoms with E-state index >= 15 is 0 Å². The molecule has 0 saturated heterocycles. The molecule has 0 unspecified atom stereocenters. The lowest BCUT2D eigenvalue weighted by molar-refractivity contribution is 0.0582. The molecule has 21 heavy (non-hydrogen) atoms. The quantitative estimate of drug-likeness (QED) is 0.852. The van der Waals surface area contributed by atoms with Crippen molar-refractivity contribution in [2.24, 2.45) is 0 Å². The van der Waals surface area contributed by atoms with Gasteiger partial charge < -0.3 is 14.4 Å². The molecule has 0 atom stereocenters. The van der Waals surface area contributed by atoms with Gasteiger partial charge >= 0.3 is 13.2 Å². The fourth-order valence-corrected chi connectivity index (χ4v) is 2.57. The number of hydrogen-bond acceptors (Lipinski definition) is 4. The third kappa shape index (κ3) is 3.34. The van der Waals surface area contributed by atoms with Crippen molar-refractivity contribution in [2.75, 3.05) is 11.4 Å². The molecule has 1 N–H and O–H groups in total. The number of carbonyl (C=O) groups is 1. The Balaban J connectivity index is 2.36. The molecule has 7 heteroatoms. The smallest absolute Gasteiger partial charge is 0.443 e. The molecule has 1 aliphatic heterocycles. The van der Waals surface area contributed by atoms with Crippen LogP contribution >= 0.6 is 11.6 Å². The van der Waals surface area contributed by atoms with Crippen LogP contribution in [0.2, 0.25) is 5.02 Å². The summed E-state index contributed by atoms with van der Waals surface area (Å²) < 4.78 is 10.5. The monoisotopic (exact) mass is 311 g/mol. The summed E-state index contributed by atoms with van der Waals surface area (Å²) in [5, 5.41) is 10.1. The van der Waals surface area contributed by atoms with Crippen molar-refractivity contribution in [1.82, 2.24) is 0 Å². The lowest BCUT2D eigenvalue weighted by atomic mass is 9.79. The van der Waals surface area contributed by atoms with Crippen LogP contribution in [0.1, 0.15) is 33.3 Å². The van der Waals surface area contributed by atoms with Gasteiger partial charge in [0.05, 0.1) is 17.3 Å². The van der Waals surface area contributed by atoms with Gasteiger partial charge in [0.15, 0.2) is 0 Å². The molecule has 0 radical (unpaired) electrons. The number of ether oxygens (including phenoxy) is 1. The van der Waals surface area contributed by atoms with Crippen LogP contribution in [0.15, 0.2) is 12.1 Å². The zero-order valence-electron chi connectivity index (χ0n) is 12.6. The van der Waals surface area contributed by atoms with Crippen LogP contribution in [-0.4, -0.2) is 30.4 Å². The SMILES string of the molecule is CCN(C(=O)OC(C)(C)C)c1ccc2c(c1Cl)B(O)OC2. The number of fused-ring (bicyclic) bond motifs is 1. The minimum absolute atomic E-state index is 0.315. The van der Waals surface area contributed by atoms with Gasteiger partial charge in [-0.1, -0.05) is 17.7 Å².